The van der Waals surface area contributed by atoms with Gasteiger partial charge in [-0.25, -0.2) is 14.8 Å². The van der Waals surface area contributed by atoms with Crippen molar-refractivity contribution >= 4 is 28.9 Å². The lowest BCUT2D eigenvalue weighted by Gasteiger charge is -2.33. The number of pyridine rings is 2. The second-order valence-electron chi connectivity index (χ2n) is 13.2. The third-order valence-corrected chi connectivity index (χ3v) is 8.80. The van der Waals surface area contributed by atoms with Gasteiger partial charge in [-0.15, -0.1) is 0 Å². The summed E-state index contributed by atoms with van der Waals surface area (Å²) in [7, 11) is 0. The molecule has 1 saturated carbocycles. The van der Waals surface area contributed by atoms with E-state index >= 15 is 0 Å². The Morgan fingerprint density at radius 1 is 1.05 bits per heavy atom. The second-order valence-corrected chi connectivity index (χ2v) is 13.2. The molecule has 2 fully saturated rings. The maximum Gasteiger partial charge on any atom is 0.410 e. The van der Waals surface area contributed by atoms with Crippen molar-refractivity contribution in [3.8, 4) is 0 Å². The van der Waals surface area contributed by atoms with E-state index in [0.29, 0.717) is 49.4 Å². The Morgan fingerprint density at radius 2 is 1.80 bits per heavy atom. The molecular weight excluding hydrogens is 556 g/mol. The summed E-state index contributed by atoms with van der Waals surface area (Å²) in [5, 5.41) is 4.17. The number of hydrogen-bond donors (Lipinski definition) is 1. The van der Waals surface area contributed by atoms with Crippen molar-refractivity contribution in [2.45, 2.75) is 110 Å². The molecule has 238 valence electrons. The molecule has 0 aromatic carbocycles. The lowest BCUT2D eigenvalue weighted by Crippen LogP contribution is -2.41. The zero-order valence-electron chi connectivity index (χ0n) is 27.0. The average molecular weight is 605 g/mol. The zero-order valence-corrected chi connectivity index (χ0v) is 27.0. The summed E-state index contributed by atoms with van der Waals surface area (Å²) in [5.74, 6) is 1.40. The standard InChI is InChI=1S/C34H48N6O4/c1-6-7-19-43-20-16-27-23(2)28-22-36-32(38-30(28)40(31(27)41)26-10-8-9-11-26)37-29-13-12-25(21-35-29)24-14-17-39(18-15-24)33(42)44-34(3,4)5/h12-13,21-22,24,26H,6-11,14-20H2,1-5H3,(H,35,36,37,38). The number of piperidine rings is 1. The number of fused-ring (bicyclic) bond motifs is 1. The fraction of sp³-hybridized carbons (Fsp3) is 0.618. The molecule has 0 bridgehead atoms. The molecule has 0 spiro atoms. The van der Waals surface area contributed by atoms with Crippen LogP contribution < -0.4 is 10.9 Å². The molecule has 10 heteroatoms. The second kappa shape index (κ2) is 14.1. The Balaban J connectivity index is 1.30. The maximum atomic E-state index is 13.9. The number of carbonyl (C=O) groups excluding carboxylic acids is 1. The first-order valence-corrected chi connectivity index (χ1v) is 16.3. The molecule has 0 radical (unpaired) electrons. The predicted octanol–water partition coefficient (Wildman–Crippen LogP) is 6.83. The highest BCUT2D eigenvalue weighted by atomic mass is 16.6. The molecule has 5 rings (SSSR count). The molecule has 1 aliphatic carbocycles. The summed E-state index contributed by atoms with van der Waals surface area (Å²) in [6.45, 7) is 12.4. The minimum Gasteiger partial charge on any atom is -0.444 e. The number of anilines is 2. The Hall–Kier alpha value is -3.53. The lowest BCUT2D eigenvalue weighted by molar-refractivity contribution is 0.0205. The van der Waals surface area contributed by atoms with Crippen LogP contribution in [0, 0.1) is 6.92 Å². The van der Waals surface area contributed by atoms with Crippen molar-refractivity contribution in [2.24, 2.45) is 0 Å². The van der Waals surface area contributed by atoms with E-state index in [9.17, 15) is 9.59 Å². The number of rotatable bonds is 10. The van der Waals surface area contributed by atoms with Gasteiger partial charge in [0, 0.05) is 55.5 Å². The van der Waals surface area contributed by atoms with Crippen LogP contribution in [0.2, 0.25) is 0 Å². The van der Waals surface area contributed by atoms with Crippen molar-refractivity contribution in [1.29, 1.82) is 0 Å². The average Bonchev–Trinajstić information content (AvgIpc) is 3.53. The number of unbranched alkanes of at least 4 members (excludes halogenated alkanes) is 1. The number of nitrogens with one attached hydrogen (secondary N) is 1. The Kier molecular flexibility index (Phi) is 10.2. The van der Waals surface area contributed by atoms with Gasteiger partial charge >= 0.3 is 6.09 Å². The number of carbonyl (C=O) groups is 1. The quantitative estimate of drug-likeness (QED) is 0.251. The minimum absolute atomic E-state index is 0.0471. The molecule has 0 unspecified atom stereocenters. The van der Waals surface area contributed by atoms with E-state index in [0.717, 1.165) is 80.1 Å². The predicted molar refractivity (Wildman–Crippen MR) is 173 cm³/mol. The monoisotopic (exact) mass is 604 g/mol. The first-order chi connectivity index (χ1) is 21.1. The van der Waals surface area contributed by atoms with E-state index in [-0.39, 0.29) is 17.7 Å². The summed E-state index contributed by atoms with van der Waals surface area (Å²) >= 11 is 0. The van der Waals surface area contributed by atoms with Gasteiger partial charge in [-0.3, -0.25) is 9.36 Å². The largest absolute Gasteiger partial charge is 0.444 e. The molecule has 1 amide bonds. The molecule has 3 aromatic rings. The summed E-state index contributed by atoms with van der Waals surface area (Å²) in [6.07, 6.45) is 12.1. The van der Waals surface area contributed by atoms with Gasteiger partial charge in [-0.2, -0.15) is 4.98 Å². The van der Waals surface area contributed by atoms with E-state index in [1.807, 2.05) is 50.7 Å². The number of nitrogens with zero attached hydrogens (tertiary/aromatic N) is 5. The van der Waals surface area contributed by atoms with Crippen LogP contribution in [-0.2, 0) is 15.9 Å². The van der Waals surface area contributed by atoms with Crippen LogP contribution in [0.1, 0.15) is 108 Å². The molecule has 3 aromatic heterocycles. The molecule has 0 atom stereocenters. The van der Waals surface area contributed by atoms with Gasteiger partial charge in [-0.1, -0.05) is 32.3 Å². The minimum atomic E-state index is -0.492. The van der Waals surface area contributed by atoms with Gasteiger partial charge in [0.1, 0.15) is 17.1 Å². The molecule has 10 nitrogen and oxygen atoms in total. The van der Waals surface area contributed by atoms with E-state index in [1.54, 1.807) is 4.90 Å². The summed E-state index contributed by atoms with van der Waals surface area (Å²) in [4.78, 5) is 42.3. The number of aryl methyl sites for hydroxylation is 1. The van der Waals surface area contributed by atoms with Crippen molar-refractivity contribution in [3.63, 3.8) is 0 Å². The van der Waals surface area contributed by atoms with Crippen molar-refractivity contribution in [3.05, 3.63) is 51.6 Å². The summed E-state index contributed by atoms with van der Waals surface area (Å²) < 4.78 is 13.3. The van der Waals surface area contributed by atoms with Gasteiger partial charge in [0.15, 0.2) is 0 Å². The van der Waals surface area contributed by atoms with Crippen LogP contribution in [0.4, 0.5) is 16.6 Å². The smallest absolute Gasteiger partial charge is 0.410 e. The first kappa shape index (κ1) is 31.9. The van der Waals surface area contributed by atoms with Crippen molar-refractivity contribution in [2.75, 3.05) is 31.6 Å². The van der Waals surface area contributed by atoms with E-state index in [2.05, 4.69) is 28.3 Å². The number of aromatic nitrogens is 4. The highest BCUT2D eigenvalue weighted by molar-refractivity contribution is 5.80. The van der Waals surface area contributed by atoms with Crippen LogP contribution >= 0.6 is 0 Å². The molecule has 1 aliphatic heterocycles. The van der Waals surface area contributed by atoms with Gasteiger partial charge < -0.3 is 19.7 Å². The normalized spacial score (nSPS) is 16.5. The number of ether oxygens (including phenoxy) is 2. The molecule has 4 heterocycles. The van der Waals surface area contributed by atoms with Gasteiger partial charge in [0.25, 0.3) is 5.56 Å². The maximum absolute atomic E-state index is 13.9. The van der Waals surface area contributed by atoms with Gasteiger partial charge in [-0.05, 0) is 82.9 Å². The topological polar surface area (TPSA) is 111 Å². The fourth-order valence-electron chi connectivity index (χ4n) is 6.32. The van der Waals surface area contributed by atoms with Crippen molar-refractivity contribution in [1.82, 2.24) is 24.4 Å². The van der Waals surface area contributed by atoms with Gasteiger partial charge in [0.2, 0.25) is 5.95 Å². The third-order valence-electron chi connectivity index (χ3n) is 8.80. The molecule has 2 aliphatic rings. The lowest BCUT2D eigenvalue weighted by atomic mass is 9.90. The molecule has 44 heavy (non-hydrogen) atoms. The Morgan fingerprint density at radius 3 is 2.45 bits per heavy atom. The fourth-order valence-corrected chi connectivity index (χ4v) is 6.32. The Bertz CT molecular complexity index is 1480. The Labute approximate surface area is 260 Å². The SMILES string of the molecule is CCCCOCCc1c(C)c2cnc(Nc3ccc(C4CCN(C(=O)OC(C)(C)C)CC4)cn3)nc2n(C2CCCC2)c1=O. The van der Waals surface area contributed by atoms with Crippen LogP contribution in [0.3, 0.4) is 0 Å². The van der Waals surface area contributed by atoms with Crippen LogP contribution in [0.15, 0.2) is 29.3 Å². The van der Waals surface area contributed by atoms with Crippen LogP contribution in [0.25, 0.3) is 11.0 Å². The van der Waals surface area contributed by atoms with Gasteiger partial charge in [0.05, 0.1) is 6.61 Å². The third kappa shape index (κ3) is 7.57. The number of hydrogen-bond acceptors (Lipinski definition) is 8. The molecular formula is C34H48N6O4. The van der Waals surface area contributed by atoms with Crippen molar-refractivity contribution < 1.29 is 14.3 Å². The van der Waals surface area contributed by atoms with E-state index < -0.39 is 5.60 Å². The molecule has 1 saturated heterocycles. The molecule has 1 N–H and O–H groups in total. The first-order valence-electron chi connectivity index (χ1n) is 16.3. The number of likely N-dealkylation sites (tertiary alicyclic amines) is 1. The highest BCUT2D eigenvalue weighted by Crippen LogP contribution is 2.32. The number of amides is 1. The highest BCUT2D eigenvalue weighted by Gasteiger charge is 2.28. The van der Waals surface area contributed by atoms with E-state index in [4.69, 9.17) is 14.5 Å². The van der Waals surface area contributed by atoms with E-state index in [1.165, 1.54) is 0 Å². The zero-order chi connectivity index (χ0) is 31.3. The summed E-state index contributed by atoms with van der Waals surface area (Å²) in [5.41, 5.74) is 3.13. The van der Waals surface area contributed by atoms with Crippen LogP contribution in [0.5, 0.6) is 0 Å². The summed E-state index contributed by atoms with van der Waals surface area (Å²) in [6, 6.07) is 4.17. The van der Waals surface area contributed by atoms with Crippen LogP contribution in [-0.4, -0.2) is 62.4 Å².